The van der Waals surface area contributed by atoms with Crippen LogP contribution in [0.1, 0.15) is 17.4 Å². The van der Waals surface area contributed by atoms with Crippen LogP contribution in [0.15, 0.2) is 10.9 Å². The summed E-state index contributed by atoms with van der Waals surface area (Å²) in [5.41, 5.74) is -1.53. The van der Waals surface area contributed by atoms with Crippen molar-refractivity contribution in [1.29, 1.82) is 0 Å². The van der Waals surface area contributed by atoms with Crippen molar-refractivity contribution in [1.82, 2.24) is 4.98 Å². The second-order valence-corrected chi connectivity index (χ2v) is 10.5. The lowest BCUT2D eigenvalue weighted by atomic mass is 9.99. The number of terminal acetylenes is 1. The van der Waals surface area contributed by atoms with Crippen molar-refractivity contribution in [3.63, 3.8) is 0 Å². The Labute approximate surface area is 178 Å². The predicted molar refractivity (Wildman–Crippen MR) is 99.2 cm³/mol. The number of hydrogen-bond donors (Lipinski definition) is 6. The third-order valence-corrected chi connectivity index (χ3v) is 7.69. The van der Waals surface area contributed by atoms with E-state index in [1.807, 2.05) is 5.92 Å². The van der Waals surface area contributed by atoms with Gasteiger partial charge in [0.2, 0.25) is 0 Å². The van der Waals surface area contributed by atoms with Gasteiger partial charge in [-0.3, -0.25) is 9.32 Å². The average Bonchev–Trinajstić information content (AvgIpc) is 2.91. The Bertz CT molecular complexity index is 1090. The zero-order valence-corrected chi connectivity index (χ0v) is 18.5. The van der Waals surface area contributed by atoms with E-state index in [2.05, 4.69) is 18.1 Å². The largest absolute Gasteiger partial charge is 0.490 e. The molecule has 32 heavy (non-hydrogen) atoms. The Balaban J connectivity index is 2.19. The number of phosphoric ester groups is 1. The molecule has 6 N–H and O–H groups in total. The summed E-state index contributed by atoms with van der Waals surface area (Å²) in [5, 5.41) is 10.4. The van der Waals surface area contributed by atoms with Gasteiger partial charge in [-0.15, -0.1) is 6.42 Å². The first-order valence-electron chi connectivity index (χ1n) is 8.13. The maximum Gasteiger partial charge on any atom is 0.490 e. The summed E-state index contributed by atoms with van der Waals surface area (Å²) in [4.78, 5) is 49.2. The SMILES string of the molecule is C#Cc1[nH]c(=O)cc(F)c1[C@@H]1O[C@H](COP(=O)(O)OP(=O)(O)OP(=O)(O)O)C(O)[C@@H]1OC. The molecule has 19 heteroatoms. The number of nitrogens with one attached hydrogen (secondary N) is 1. The lowest BCUT2D eigenvalue weighted by Gasteiger charge is -2.20. The van der Waals surface area contributed by atoms with Gasteiger partial charge < -0.3 is 39.1 Å². The standard InChI is InChI=1S/C13H17FNO14P3/c1-3-7-10(6(14)4-9(16)15-7)12-13(25-2)11(17)8(27-12)5-26-31(21,22)29-32(23,24)28-30(18,19)20/h1,4,8,11-13,17H,5H2,2H3,(H,15,16)(H,21,22)(H,23,24)(H2,18,19,20)/t8-,11?,12+,13+/m1/s1. The number of halogens is 1. The van der Waals surface area contributed by atoms with Crippen LogP contribution < -0.4 is 5.56 Å². The molecule has 1 aromatic rings. The van der Waals surface area contributed by atoms with E-state index < -0.39 is 65.9 Å². The molecule has 0 radical (unpaired) electrons. The lowest BCUT2D eigenvalue weighted by molar-refractivity contribution is -0.0244. The van der Waals surface area contributed by atoms with E-state index >= 15 is 0 Å². The van der Waals surface area contributed by atoms with Crippen LogP contribution in [0.3, 0.4) is 0 Å². The monoisotopic (exact) mass is 523 g/mol. The highest BCUT2D eigenvalue weighted by Crippen LogP contribution is 2.66. The number of pyridine rings is 1. The topological polar surface area (TPSA) is 231 Å². The molecule has 3 unspecified atom stereocenters. The van der Waals surface area contributed by atoms with E-state index in [0.717, 1.165) is 7.11 Å². The number of methoxy groups -OCH3 is 1. The highest BCUT2D eigenvalue weighted by Gasteiger charge is 2.48. The van der Waals surface area contributed by atoms with Crippen LogP contribution in [-0.4, -0.2) is 61.7 Å². The van der Waals surface area contributed by atoms with Crippen molar-refractivity contribution in [2.75, 3.05) is 13.7 Å². The van der Waals surface area contributed by atoms with E-state index in [4.69, 9.17) is 30.6 Å². The molecule has 0 spiro atoms. The number of phosphoric acid groups is 3. The maximum absolute atomic E-state index is 14.4. The summed E-state index contributed by atoms with van der Waals surface area (Å²) in [7, 11) is -15.7. The van der Waals surface area contributed by atoms with Crippen LogP contribution >= 0.6 is 23.5 Å². The first kappa shape index (κ1) is 27.0. The van der Waals surface area contributed by atoms with Gasteiger partial charge in [-0.05, 0) is 0 Å². The second kappa shape index (κ2) is 9.92. The molecule has 15 nitrogen and oxygen atoms in total. The van der Waals surface area contributed by atoms with Crippen molar-refractivity contribution < 1.29 is 65.4 Å². The molecule has 6 atom stereocenters. The van der Waals surface area contributed by atoms with E-state index in [0.29, 0.717) is 6.07 Å². The Morgan fingerprint density at radius 2 is 1.84 bits per heavy atom. The van der Waals surface area contributed by atoms with Crippen LogP contribution in [0, 0.1) is 18.2 Å². The van der Waals surface area contributed by atoms with Crippen LogP contribution in [0.4, 0.5) is 4.39 Å². The highest BCUT2D eigenvalue weighted by atomic mass is 31.3. The summed E-state index contributed by atoms with van der Waals surface area (Å²) in [6.45, 7) is -1.02. The minimum absolute atomic E-state index is 0.317. The Hall–Kier alpha value is -1.27. The summed E-state index contributed by atoms with van der Waals surface area (Å²) >= 11 is 0. The third-order valence-electron chi connectivity index (χ3n) is 3.89. The fraction of sp³-hybridized carbons (Fsp3) is 0.462. The molecular weight excluding hydrogens is 506 g/mol. The number of aromatic amines is 1. The van der Waals surface area contributed by atoms with Gasteiger partial charge in [0.25, 0.3) is 5.56 Å². The van der Waals surface area contributed by atoms with Gasteiger partial charge in [0.05, 0.1) is 12.2 Å². The summed E-state index contributed by atoms with van der Waals surface area (Å²) in [6, 6.07) is 0.567. The normalized spacial score (nSPS) is 27.4. The number of aromatic nitrogens is 1. The van der Waals surface area contributed by atoms with Gasteiger partial charge in [0, 0.05) is 13.2 Å². The molecular formula is C13H17FNO14P3. The van der Waals surface area contributed by atoms with Gasteiger partial charge in [0.1, 0.15) is 35.9 Å². The number of rotatable bonds is 9. The van der Waals surface area contributed by atoms with Crippen LogP contribution in [0.2, 0.25) is 0 Å². The maximum atomic E-state index is 14.4. The van der Waals surface area contributed by atoms with Gasteiger partial charge >= 0.3 is 23.5 Å². The lowest BCUT2D eigenvalue weighted by Crippen LogP contribution is -2.34. The Morgan fingerprint density at radius 3 is 2.38 bits per heavy atom. The van der Waals surface area contributed by atoms with Crippen LogP contribution in [0.25, 0.3) is 0 Å². The Kier molecular flexibility index (Phi) is 8.37. The van der Waals surface area contributed by atoms with Gasteiger partial charge in [0.15, 0.2) is 0 Å². The third kappa shape index (κ3) is 6.86. The van der Waals surface area contributed by atoms with Crippen LogP contribution in [0.5, 0.6) is 0 Å². The fourth-order valence-electron chi connectivity index (χ4n) is 2.77. The Morgan fingerprint density at radius 1 is 1.22 bits per heavy atom. The molecule has 2 heterocycles. The zero-order chi connectivity index (χ0) is 24.5. The minimum atomic E-state index is -5.75. The number of ether oxygens (including phenoxy) is 2. The molecule has 2 rings (SSSR count). The fourth-order valence-corrected chi connectivity index (χ4v) is 5.80. The molecule has 1 fully saturated rings. The van der Waals surface area contributed by atoms with Crippen molar-refractivity contribution in [3.8, 4) is 12.3 Å². The quantitative estimate of drug-likeness (QED) is 0.180. The van der Waals surface area contributed by atoms with Gasteiger partial charge in [-0.1, -0.05) is 5.92 Å². The molecule has 1 aliphatic heterocycles. The van der Waals surface area contributed by atoms with Gasteiger partial charge in [-0.2, -0.15) is 8.62 Å². The molecule has 0 bridgehead atoms. The molecule has 180 valence electrons. The van der Waals surface area contributed by atoms with Gasteiger partial charge in [-0.25, -0.2) is 18.1 Å². The smallest absolute Gasteiger partial charge is 0.387 e. The summed E-state index contributed by atoms with van der Waals surface area (Å²) in [6.07, 6.45) is -0.628. The number of H-pyrrole nitrogens is 1. The summed E-state index contributed by atoms with van der Waals surface area (Å²) in [5.74, 6) is 0.956. The van der Waals surface area contributed by atoms with E-state index in [1.165, 1.54) is 0 Å². The molecule has 0 amide bonds. The van der Waals surface area contributed by atoms with Crippen molar-refractivity contribution >= 4 is 23.5 Å². The molecule has 1 aliphatic rings. The summed E-state index contributed by atoms with van der Waals surface area (Å²) < 4.78 is 70.2. The number of hydrogen-bond acceptors (Lipinski definition) is 10. The minimum Gasteiger partial charge on any atom is -0.387 e. The number of aliphatic hydroxyl groups excluding tert-OH is 1. The molecule has 0 aromatic carbocycles. The zero-order valence-electron chi connectivity index (χ0n) is 15.8. The average molecular weight is 523 g/mol. The highest BCUT2D eigenvalue weighted by molar-refractivity contribution is 7.66. The molecule has 1 aromatic heterocycles. The van der Waals surface area contributed by atoms with Crippen molar-refractivity contribution in [2.24, 2.45) is 0 Å². The van der Waals surface area contributed by atoms with E-state index in [9.17, 15) is 32.9 Å². The van der Waals surface area contributed by atoms with Crippen molar-refractivity contribution in [3.05, 3.63) is 33.5 Å². The number of aliphatic hydroxyl groups is 1. The first-order chi connectivity index (χ1) is 14.6. The predicted octanol–water partition coefficient (Wildman–Crippen LogP) is -0.346. The molecule has 1 saturated heterocycles. The van der Waals surface area contributed by atoms with E-state index in [1.54, 1.807) is 0 Å². The molecule has 0 saturated carbocycles. The second-order valence-electron chi connectivity index (χ2n) is 6.09. The molecule has 0 aliphatic carbocycles. The van der Waals surface area contributed by atoms with E-state index in [-0.39, 0.29) is 11.3 Å². The van der Waals surface area contributed by atoms with Crippen LogP contribution in [-0.2, 0) is 36.3 Å². The first-order valence-corrected chi connectivity index (χ1v) is 12.7. The van der Waals surface area contributed by atoms with Crippen molar-refractivity contribution in [2.45, 2.75) is 24.4 Å².